The minimum Gasteiger partial charge on any atom is -0.376 e. The zero-order chi connectivity index (χ0) is 17.9. The van der Waals surface area contributed by atoms with Crippen LogP contribution in [0.3, 0.4) is 0 Å². The molecule has 0 aliphatic heterocycles. The summed E-state index contributed by atoms with van der Waals surface area (Å²) in [5, 5.41) is 10.5. The van der Waals surface area contributed by atoms with E-state index in [4.69, 9.17) is 5.14 Å². The second kappa shape index (κ2) is 6.90. The predicted molar refractivity (Wildman–Crippen MR) is 96.0 cm³/mol. The summed E-state index contributed by atoms with van der Waals surface area (Å²) in [6, 6.07) is 11.2. The van der Waals surface area contributed by atoms with Gasteiger partial charge in [0.05, 0.1) is 16.3 Å². The fourth-order valence-electron chi connectivity index (χ4n) is 2.10. The third kappa shape index (κ3) is 4.46. The van der Waals surface area contributed by atoms with Gasteiger partial charge >= 0.3 is 6.03 Å². The number of amides is 2. The number of nitrogens with one attached hydrogen (secondary N) is 2. The minimum atomic E-state index is -3.86. The highest BCUT2D eigenvalue weighted by Crippen LogP contribution is 2.27. The van der Waals surface area contributed by atoms with Gasteiger partial charge in [-0.2, -0.15) is 0 Å². The average molecular weight is 348 g/mol. The molecule has 0 atom stereocenters. The number of carbonyl (C=O) groups excluding carboxylic acids is 1. The summed E-state index contributed by atoms with van der Waals surface area (Å²) in [4.78, 5) is 13.9. The van der Waals surface area contributed by atoms with E-state index in [1.165, 1.54) is 12.1 Å². The summed E-state index contributed by atoms with van der Waals surface area (Å²) >= 11 is 0. The number of primary sulfonamides is 1. The number of sulfonamides is 1. The van der Waals surface area contributed by atoms with Crippen LogP contribution < -0.4 is 20.7 Å². The van der Waals surface area contributed by atoms with E-state index in [1.54, 1.807) is 37.2 Å². The second-order valence-corrected chi connectivity index (χ2v) is 7.12. The second-order valence-electron chi connectivity index (χ2n) is 5.56. The fourth-order valence-corrected chi connectivity index (χ4v) is 2.64. The Morgan fingerprint density at radius 1 is 1.04 bits per heavy atom. The number of nitrogens with two attached hydrogens (primary N) is 1. The number of benzene rings is 2. The Labute approximate surface area is 141 Å². The van der Waals surface area contributed by atoms with Crippen LogP contribution in [0.2, 0.25) is 0 Å². The Bertz CT molecular complexity index is 846. The summed E-state index contributed by atoms with van der Waals surface area (Å²) < 4.78 is 23.0. The molecule has 0 aliphatic rings. The Kier molecular flexibility index (Phi) is 5.10. The summed E-state index contributed by atoms with van der Waals surface area (Å²) in [5.41, 5.74) is 2.71. The first-order chi connectivity index (χ1) is 11.2. The van der Waals surface area contributed by atoms with E-state index >= 15 is 0 Å². The lowest BCUT2D eigenvalue weighted by molar-refractivity contribution is 0.262. The minimum absolute atomic E-state index is 0.0706. The lowest BCUT2D eigenvalue weighted by Gasteiger charge is -2.19. The Morgan fingerprint density at radius 2 is 1.67 bits per heavy atom. The average Bonchev–Trinajstić information content (AvgIpc) is 2.48. The predicted octanol–water partition coefficient (Wildman–Crippen LogP) is 2.35. The van der Waals surface area contributed by atoms with E-state index in [0.717, 1.165) is 5.56 Å². The highest BCUT2D eigenvalue weighted by molar-refractivity contribution is 7.89. The molecule has 128 valence electrons. The van der Waals surface area contributed by atoms with Crippen LogP contribution in [-0.4, -0.2) is 28.5 Å². The molecule has 2 rings (SSSR count). The van der Waals surface area contributed by atoms with Gasteiger partial charge in [-0.25, -0.2) is 18.4 Å². The van der Waals surface area contributed by atoms with Crippen molar-refractivity contribution in [3.8, 4) is 0 Å². The molecular weight excluding hydrogens is 328 g/mol. The van der Waals surface area contributed by atoms with Crippen LogP contribution in [0.1, 0.15) is 5.56 Å². The van der Waals surface area contributed by atoms with Crippen molar-refractivity contribution in [2.75, 3.05) is 29.6 Å². The molecule has 0 heterocycles. The number of hydrogen-bond acceptors (Lipinski definition) is 4. The summed E-state index contributed by atoms with van der Waals surface area (Å²) in [7, 11) is -0.284. The number of carbonyl (C=O) groups is 1. The first-order valence-corrected chi connectivity index (χ1v) is 8.70. The summed E-state index contributed by atoms with van der Waals surface area (Å²) in [6.07, 6.45) is 0. The van der Waals surface area contributed by atoms with Crippen molar-refractivity contribution in [1.82, 2.24) is 0 Å². The van der Waals surface area contributed by atoms with Gasteiger partial charge in [-0.1, -0.05) is 17.7 Å². The molecule has 0 radical (unpaired) electrons. The number of nitrogens with zero attached hydrogens (tertiary/aromatic N) is 1. The van der Waals surface area contributed by atoms with Gasteiger partial charge in [0.25, 0.3) is 0 Å². The largest absolute Gasteiger partial charge is 0.376 e. The maximum atomic E-state index is 12.2. The molecular formula is C16H20N4O3S. The Hall–Kier alpha value is -2.58. The van der Waals surface area contributed by atoms with Crippen molar-refractivity contribution in [1.29, 1.82) is 0 Å². The number of urea groups is 1. The van der Waals surface area contributed by atoms with E-state index in [1.807, 2.05) is 19.1 Å². The third-order valence-corrected chi connectivity index (χ3v) is 4.25. The number of aryl methyl sites for hydroxylation is 1. The first-order valence-electron chi connectivity index (χ1n) is 7.15. The van der Waals surface area contributed by atoms with Gasteiger partial charge in [-0.3, -0.25) is 0 Å². The van der Waals surface area contributed by atoms with Gasteiger partial charge in [0.2, 0.25) is 10.0 Å². The fraction of sp³-hybridized carbons (Fsp3) is 0.188. The van der Waals surface area contributed by atoms with E-state index in [0.29, 0.717) is 17.1 Å². The smallest absolute Gasteiger partial charge is 0.323 e. The molecule has 0 spiro atoms. The van der Waals surface area contributed by atoms with Crippen LogP contribution >= 0.6 is 0 Å². The molecule has 0 aliphatic carbocycles. The van der Waals surface area contributed by atoms with Gasteiger partial charge in [0.15, 0.2) is 0 Å². The van der Waals surface area contributed by atoms with E-state index in [-0.39, 0.29) is 4.90 Å². The molecule has 0 unspecified atom stereocenters. The van der Waals surface area contributed by atoms with Crippen molar-refractivity contribution >= 4 is 33.1 Å². The van der Waals surface area contributed by atoms with Gasteiger partial charge in [-0.05, 0) is 37.3 Å². The topological polar surface area (TPSA) is 105 Å². The lowest BCUT2D eigenvalue weighted by atomic mass is 10.2. The molecule has 4 N–H and O–H groups in total. The molecule has 7 nitrogen and oxygen atoms in total. The number of rotatable bonds is 4. The highest BCUT2D eigenvalue weighted by atomic mass is 32.2. The van der Waals surface area contributed by atoms with E-state index < -0.39 is 16.1 Å². The molecule has 2 aromatic rings. The molecule has 2 amide bonds. The van der Waals surface area contributed by atoms with Crippen molar-refractivity contribution in [3.05, 3.63) is 48.0 Å². The number of hydrogen-bond donors (Lipinski definition) is 3. The van der Waals surface area contributed by atoms with Gasteiger partial charge in [-0.15, -0.1) is 0 Å². The molecule has 8 heteroatoms. The highest BCUT2D eigenvalue weighted by Gasteiger charge is 2.14. The quantitative estimate of drug-likeness (QED) is 0.789. The van der Waals surface area contributed by atoms with Crippen LogP contribution in [0.15, 0.2) is 47.4 Å². The van der Waals surface area contributed by atoms with Crippen LogP contribution in [0, 0.1) is 6.92 Å². The molecule has 24 heavy (non-hydrogen) atoms. The third-order valence-electron chi connectivity index (χ3n) is 3.34. The zero-order valence-electron chi connectivity index (χ0n) is 13.7. The van der Waals surface area contributed by atoms with Crippen LogP contribution in [-0.2, 0) is 10.0 Å². The van der Waals surface area contributed by atoms with Crippen molar-refractivity contribution in [2.45, 2.75) is 11.8 Å². The maximum Gasteiger partial charge on any atom is 0.323 e. The van der Waals surface area contributed by atoms with Crippen molar-refractivity contribution in [3.63, 3.8) is 0 Å². The van der Waals surface area contributed by atoms with E-state index in [9.17, 15) is 13.2 Å². The van der Waals surface area contributed by atoms with Crippen LogP contribution in [0.4, 0.5) is 21.9 Å². The molecule has 0 saturated carbocycles. The standard InChI is InChI=1S/C16H20N4O3S/c1-11-4-6-12(7-5-11)18-16(21)19-14-10-13(24(17,22)23)8-9-15(14)20(2)3/h4-10H,1-3H3,(H2,17,22,23)(H2,18,19,21). The molecule has 0 fully saturated rings. The van der Waals surface area contributed by atoms with Crippen LogP contribution in [0.5, 0.6) is 0 Å². The van der Waals surface area contributed by atoms with Crippen molar-refractivity contribution in [2.24, 2.45) is 5.14 Å². The summed E-state index contributed by atoms with van der Waals surface area (Å²) in [5.74, 6) is 0. The summed E-state index contributed by atoms with van der Waals surface area (Å²) in [6.45, 7) is 1.95. The maximum absolute atomic E-state index is 12.2. The van der Waals surface area contributed by atoms with Crippen molar-refractivity contribution < 1.29 is 13.2 Å². The Balaban J connectivity index is 2.26. The SMILES string of the molecule is Cc1ccc(NC(=O)Nc2cc(S(N)(=O)=O)ccc2N(C)C)cc1. The lowest BCUT2D eigenvalue weighted by Crippen LogP contribution is -2.22. The molecule has 0 saturated heterocycles. The van der Waals surface area contributed by atoms with E-state index in [2.05, 4.69) is 10.6 Å². The monoisotopic (exact) mass is 348 g/mol. The normalized spacial score (nSPS) is 11.0. The van der Waals surface area contributed by atoms with Gasteiger partial charge < -0.3 is 15.5 Å². The first kappa shape index (κ1) is 17.8. The Morgan fingerprint density at radius 3 is 2.21 bits per heavy atom. The van der Waals surface area contributed by atoms with Gasteiger partial charge in [0.1, 0.15) is 0 Å². The molecule has 0 aromatic heterocycles. The van der Waals surface area contributed by atoms with Crippen LogP contribution in [0.25, 0.3) is 0 Å². The molecule has 0 bridgehead atoms. The number of anilines is 3. The zero-order valence-corrected chi connectivity index (χ0v) is 14.5. The van der Waals surface area contributed by atoms with Gasteiger partial charge in [0, 0.05) is 19.8 Å². The molecule has 2 aromatic carbocycles.